The molecule has 3 aromatic rings. The Labute approximate surface area is 187 Å². The molecule has 4 nitrogen and oxygen atoms in total. The lowest BCUT2D eigenvalue weighted by atomic mass is 9.99. The van der Waals surface area contributed by atoms with Crippen LogP contribution in [0.25, 0.3) is 6.08 Å². The van der Waals surface area contributed by atoms with Crippen LogP contribution >= 0.6 is 11.6 Å². The number of anilines is 1. The van der Waals surface area contributed by atoms with Crippen LogP contribution in [0.15, 0.2) is 67.0 Å². The highest BCUT2D eigenvalue weighted by atomic mass is 35.5. The highest BCUT2D eigenvalue weighted by molar-refractivity contribution is 6.31. The smallest absolute Gasteiger partial charge is 0.322 e. The van der Waals surface area contributed by atoms with Gasteiger partial charge in [0.25, 0.3) is 0 Å². The van der Waals surface area contributed by atoms with E-state index in [4.69, 9.17) is 11.6 Å². The van der Waals surface area contributed by atoms with Crippen LogP contribution in [0.3, 0.4) is 0 Å². The van der Waals surface area contributed by atoms with Crippen LogP contribution in [-0.2, 0) is 17.4 Å². The standard InChI is InChI=1S/C24H18ClF3N2O2/c1-15-4-7-18(13-21(15)30-23(32)9-6-16-3-2-10-29-14-16)22(31)12-17-5-8-20(25)19(11-17)24(26,27)28/h2-11,13-14H,12H2,1H3,(H,30,32)/b9-6+. The van der Waals surface area contributed by atoms with Gasteiger partial charge in [-0.3, -0.25) is 14.6 Å². The Morgan fingerprint density at radius 1 is 1.12 bits per heavy atom. The summed E-state index contributed by atoms with van der Waals surface area (Å²) in [6.45, 7) is 1.77. The second-order valence-corrected chi connectivity index (χ2v) is 7.46. The molecule has 0 aliphatic heterocycles. The molecule has 0 atom stereocenters. The van der Waals surface area contributed by atoms with Gasteiger partial charge in [0.05, 0.1) is 10.6 Å². The first-order valence-corrected chi connectivity index (χ1v) is 9.90. The van der Waals surface area contributed by atoms with Crippen molar-refractivity contribution in [1.82, 2.24) is 4.98 Å². The predicted molar refractivity (Wildman–Crippen MR) is 118 cm³/mol. The van der Waals surface area contributed by atoms with Gasteiger partial charge >= 0.3 is 6.18 Å². The van der Waals surface area contributed by atoms with Crippen molar-refractivity contribution in [1.29, 1.82) is 0 Å². The maximum Gasteiger partial charge on any atom is 0.417 e. The lowest BCUT2D eigenvalue weighted by Gasteiger charge is -2.12. The number of halogens is 4. The number of Topliss-reactive ketones (excluding diaryl/α,β-unsaturated/α-hetero) is 1. The molecule has 2 aromatic carbocycles. The first kappa shape index (κ1) is 23.2. The minimum absolute atomic E-state index is 0.192. The third-order valence-corrected chi connectivity index (χ3v) is 4.96. The third kappa shape index (κ3) is 6.04. The molecule has 0 bridgehead atoms. The Kier molecular flexibility index (Phi) is 7.10. The molecule has 1 aromatic heterocycles. The molecule has 0 radical (unpaired) electrons. The number of benzene rings is 2. The number of aryl methyl sites for hydroxylation is 1. The number of rotatable bonds is 6. The van der Waals surface area contributed by atoms with Crippen molar-refractivity contribution in [2.24, 2.45) is 0 Å². The van der Waals surface area contributed by atoms with E-state index in [0.717, 1.165) is 23.3 Å². The zero-order valence-corrected chi connectivity index (χ0v) is 17.7. The molecule has 164 valence electrons. The summed E-state index contributed by atoms with van der Waals surface area (Å²) in [5, 5.41) is 2.29. The van der Waals surface area contributed by atoms with Gasteiger partial charge in [0.2, 0.25) is 5.91 Å². The van der Waals surface area contributed by atoms with Crippen molar-refractivity contribution in [3.8, 4) is 0 Å². The molecule has 8 heteroatoms. The van der Waals surface area contributed by atoms with Crippen LogP contribution in [0.2, 0.25) is 5.02 Å². The summed E-state index contributed by atoms with van der Waals surface area (Å²) in [5.74, 6) is -0.782. The monoisotopic (exact) mass is 458 g/mol. The van der Waals surface area contributed by atoms with Crippen molar-refractivity contribution in [2.45, 2.75) is 19.5 Å². The van der Waals surface area contributed by atoms with Gasteiger partial charge in [-0.15, -0.1) is 0 Å². The molecule has 32 heavy (non-hydrogen) atoms. The zero-order valence-electron chi connectivity index (χ0n) is 16.9. The number of alkyl halides is 3. The molecular weight excluding hydrogens is 441 g/mol. The highest BCUT2D eigenvalue weighted by Crippen LogP contribution is 2.35. The summed E-state index contributed by atoms with van der Waals surface area (Å²) in [4.78, 5) is 28.9. The number of amides is 1. The van der Waals surface area contributed by atoms with E-state index in [1.54, 1.807) is 49.7 Å². The van der Waals surface area contributed by atoms with Crippen LogP contribution < -0.4 is 5.32 Å². The van der Waals surface area contributed by atoms with Gasteiger partial charge in [-0.05, 0) is 54.0 Å². The normalized spacial score (nSPS) is 11.5. The Morgan fingerprint density at radius 3 is 2.59 bits per heavy atom. The summed E-state index contributed by atoms with van der Waals surface area (Å²) in [7, 11) is 0. The average Bonchev–Trinajstić information content (AvgIpc) is 2.75. The fraction of sp³-hybridized carbons (Fsp3) is 0.125. The van der Waals surface area contributed by atoms with E-state index in [2.05, 4.69) is 10.3 Å². The molecular formula is C24H18ClF3N2O2. The van der Waals surface area contributed by atoms with Crippen molar-refractivity contribution in [2.75, 3.05) is 5.32 Å². The minimum atomic E-state index is -4.61. The number of nitrogens with zero attached hydrogens (tertiary/aromatic N) is 1. The second kappa shape index (κ2) is 9.78. The molecule has 1 N–H and O–H groups in total. The van der Waals surface area contributed by atoms with E-state index in [0.29, 0.717) is 5.69 Å². The maximum atomic E-state index is 13.1. The first-order chi connectivity index (χ1) is 15.1. The molecule has 0 saturated carbocycles. The van der Waals surface area contributed by atoms with E-state index in [1.807, 2.05) is 0 Å². The van der Waals surface area contributed by atoms with Gasteiger partial charge < -0.3 is 5.32 Å². The van der Waals surface area contributed by atoms with Crippen molar-refractivity contribution < 1.29 is 22.8 Å². The van der Waals surface area contributed by atoms with Gasteiger partial charge in [0.1, 0.15) is 0 Å². The summed E-state index contributed by atoms with van der Waals surface area (Å²) in [6, 6.07) is 11.7. The van der Waals surface area contributed by atoms with Crippen molar-refractivity contribution >= 4 is 35.1 Å². The first-order valence-electron chi connectivity index (χ1n) is 9.52. The van der Waals surface area contributed by atoms with Gasteiger partial charge in [0.15, 0.2) is 5.78 Å². The fourth-order valence-corrected chi connectivity index (χ4v) is 3.16. The predicted octanol–water partition coefficient (Wildman–Crippen LogP) is 6.14. The third-order valence-electron chi connectivity index (χ3n) is 4.63. The quantitative estimate of drug-likeness (QED) is 0.356. The van der Waals surface area contributed by atoms with Gasteiger partial charge in [-0.25, -0.2) is 0 Å². The number of carbonyl (C=O) groups excluding carboxylic acids is 2. The van der Waals surface area contributed by atoms with Crippen LogP contribution in [0, 0.1) is 6.92 Å². The summed E-state index contributed by atoms with van der Waals surface area (Å²) >= 11 is 5.63. The lowest BCUT2D eigenvalue weighted by Crippen LogP contribution is -2.11. The Balaban J connectivity index is 1.74. The summed E-state index contributed by atoms with van der Waals surface area (Å²) in [6.07, 6.45) is 1.33. The number of nitrogens with one attached hydrogen (secondary N) is 1. The molecule has 0 fully saturated rings. The van der Waals surface area contributed by atoms with Gasteiger partial charge in [0, 0.05) is 36.1 Å². The minimum Gasteiger partial charge on any atom is -0.322 e. The molecule has 0 spiro atoms. The Morgan fingerprint density at radius 2 is 1.91 bits per heavy atom. The molecule has 0 aliphatic carbocycles. The fourth-order valence-electron chi connectivity index (χ4n) is 2.94. The van der Waals surface area contributed by atoms with E-state index in [9.17, 15) is 22.8 Å². The maximum absolute atomic E-state index is 13.1. The number of ketones is 1. The SMILES string of the molecule is Cc1ccc(C(=O)Cc2ccc(Cl)c(C(F)(F)F)c2)cc1NC(=O)/C=C/c1cccnc1. The van der Waals surface area contributed by atoms with Crippen LogP contribution in [0.4, 0.5) is 18.9 Å². The van der Waals surface area contributed by atoms with Gasteiger partial charge in [-0.1, -0.05) is 35.9 Å². The van der Waals surface area contributed by atoms with Crippen LogP contribution in [0.1, 0.15) is 32.6 Å². The summed E-state index contributed by atoms with van der Waals surface area (Å²) in [5.41, 5.74) is 1.40. The van der Waals surface area contributed by atoms with Crippen molar-refractivity contribution in [3.05, 3.63) is 99.8 Å². The molecule has 1 heterocycles. The molecule has 0 unspecified atom stereocenters. The summed E-state index contributed by atoms with van der Waals surface area (Å²) < 4.78 is 39.2. The van der Waals surface area contributed by atoms with Crippen LogP contribution in [-0.4, -0.2) is 16.7 Å². The van der Waals surface area contributed by atoms with E-state index >= 15 is 0 Å². The molecule has 1 amide bonds. The van der Waals surface area contributed by atoms with E-state index < -0.39 is 22.7 Å². The van der Waals surface area contributed by atoms with E-state index in [1.165, 1.54) is 18.2 Å². The average molecular weight is 459 g/mol. The zero-order chi connectivity index (χ0) is 23.3. The second-order valence-electron chi connectivity index (χ2n) is 7.05. The highest BCUT2D eigenvalue weighted by Gasteiger charge is 2.33. The van der Waals surface area contributed by atoms with Crippen LogP contribution in [0.5, 0.6) is 0 Å². The number of carbonyl (C=O) groups is 2. The molecule has 0 saturated heterocycles. The van der Waals surface area contributed by atoms with Gasteiger partial charge in [-0.2, -0.15) is 13.2 Å². The molecule has 0 aliphatic rings. The Hall–Kier alpha value is -3.45. The lowest BCUT2D eigenvalue weighted by molar-refractivity contribution is -0.137. The van der Waals surface area contributed by atoms with E-state index in [-0.39, 0.29) is 23.3 Å². The van der Waals surface area contributed by atoms with Crippen molar-refractivity contribution in [3.63, 3.8) is 0 Å². The molecule has 3 rings (SSSR count). The number of hydrogen-bond acceptors (Lipinski definition) is 3. The Bertz CT molecular complexity index is 1180. The number of aromatic nitrogens is 1. The largest absolute Gasteiger partial charge is 0.417 e. The number of pyridine rings is 1. The topological polar surface area (TPSA) is 59.1 Å². The number of hydrogen-bond donors (Lipinski definition) is 1.